The summed E-state index contributed by atoms with van der Waals surface area (Å²) in [4.78, 5) is 2.37. The Kier molecular flexibility index (Phi) is 8.47. The van der Waals surface area contributed by atoms with Crippen molar-refractivity contribution in [2.24, 2.45) is 0 Å². The summed E-state index contributed by atoms with van der Waals surface area (Å²) in [5.74, 6) is 0. The second-order valence-electron chi connectivity index (χ2n) is 16.4. The van der Waals surface area contributed by atoms with E-state index in [1.165, 1.54) is 89.0 Å². The first-order valence-corrected chi connectivity index (χ1v) is 21.5. The fraction of sp³-hybridized carbons (Fsp3) is 0.0164. The molecule has 2 aliphatic rings. The molecule has 0 aliphatic heterocycles. The molecule has 0 bridgehead atoms. The van der Waals surface area contributed by atoms with Crippen LogP contribution in [0.2, 0.25) is 0 Å². The Bertz CT molecular complexity index is 3230. The van der Waals surface area contributed by atoms with E-state index in [9.17, 15) is 0 Å². The number of hydrogen-bond acceptors (Lipinski definition) is 1. The zero-order valence-electron chi connectivity index (χ0n) is 34.1. The first-order chi connectivity index (χ1) is 30.8. The Morgan fingerprint density at radius 2 is 0.629 bits per heavy atom. The number of nitrogens with zero attached hydrogens (tertiary/aromatic N) is 1. The second-order valence-corrected chi connectivity index (χ2v) is 16.4. The number of rotatable bonds is 7. The lowest BCUT2D eigenvalue weighted by atomic mass is 9.70. The van der Waals surface area contributed by atoms with Crippen molar-refractivity contribution in [2.75, 3.05) is 4.90 Å². The predicted molar refractivity (Wildman–Crippen MR) is 259 cm³/mol. The van der Waals surface area contributed by atoms with E-state index in [1.54, 1.807) is 0 Å². The summed E-state index contributed by atoms with van der Waals surface area (Å²) in [6.07, 6.45) is 0. The Morgan fingerprint density at radius 1 is 0.226 bits per heavy atom. The highest BCUT2D eigenvalue weighted by molar-refractivity contribution is 6.02. The summed E-state index contributed by atoms with van der Waals surface area (Å²) in [7, 11) is 0. The fourth-order valence-electron chi connectivity index (χ4n) is 10.5. The van der Waals surface area contributed by atoms with Gasteiger partial charge in [-0.25, -0.2) is 0 Å². The van der Waals surface area contributed by atoms with Crippen molar-refractivity contribution in [1.29, 1.82) is 0 Å². The highest BCUT2D eigenvalue weighted by Crippen LogP contribution is 2.64. The van der Waals surface area contributed by atoms with Crippen molar-refractivity contribution in [3.63, 3.8) is 0 Å². The standard InChI is InChI=1S/C61H41N/c1-3-17-42(18-4-1)44-33-37-47(38-34-44)62(49-22-15-21-46(41-49)43-19-5-2-6-20-43)48-39-35-45(36-40-48)50-23-7-8-24-51(50)54-28-16-32-59-60(54)55-27-11-14-31-58(55)61(59)56-29-12-9-25-52(56)53-26-10-13-30-57(53)61/h1-41H. The van der Waals surface area contributed by atoms with Gasteiger partial charge in [-0.3, -0.25) is 0 Å². The van der Waals surface area contributed by atoms with Crippen molar-refractivity contribution in [3.8, 4) is 66.8 Å². The summed E-state index contributed by atoms with van der Waals surface area (Å²) in [5, 5.41) is 0. The molecule has 0 aromatic heterocycles. The van der Waals surface area contributed by atoms with Gasteiger partial charge in [-0.2, -0.15) is 0 Å². The van der Waals surface area contributed by atoms with E-state index in [0.717, 1.165) is 17.1 Å². The van der Waals surface area contributed by atoms with E-state index in [1.807, 2.05) is 0 Å². The topological polar surface area (TPSA) is 3.24 Å². The van der Waals surface area contributed by atoms with Crippen LogP contribution in [-0.2, 0) is 5.41 Å². The van der Waals surface area contributed by atoms with E-state index in [2.05, 4.69) is 254 Å². The van der Waals surface area contributed by atoms with Crippen LogP contribution < -0.4 is 4.90 Å². The van der Waals surface area contributed by atoms with Crippen molar-refractivity contribution in [1.82, 2.24) is 0 Å². The van der Waals surface area contributed by atoms with E-state index in [-0.39, 0.29) is 5.41 Å². The molecule has 1 nitrogen and oxygen atoms in total. The molecule has 0 heterocycles. The number of fused-ring (bicyclic) bond motifs is 10. The Labute approximate surface area is 363 Å². The highest BCUT2D eigenvalue weighted by atomic mass is 15.1. The van der Waals surface area contributed by atoms with E-state index in [0.29, 0.717) is 0 Å². The van der Waals surface area contributed by atoms with E-state index >= 15 is 0 Å². The summed E-state index contributed by atoms with van der Waals surface area (Å²) in [6, 6.07) is 91.3. The predicted octanol–water partition coefficient (Wildman–Crippen LogP) is 16.2. The molecule has 1 heteroatoms. The molecule has 290 valence electrons. The van der Waals surface area contributed by atoms with Crippen LogP contribution >= 0.6 is 0 Å². The summed E-state index contributed by atoms with van der Waals surface area (Å²) < 4.78 is 0. The average Bonchev–Trinajstić information content (AvgIpc) is 3.83. The first-order valence-electron chi connectivity index (χ1n) is 21.5. The molecular weight excluding hydrogens is 747 g/mol. The monoisotopic (exact) mass is 787 g/mol. The lowest BCUT2D eigenvalue weighted by molar-refractivity contribution is 0.794. The van der Waals surface area contributed by atoms with Gasteiger partial charge >= 0.3 is 0 Å². The second kappa shape index (κ2) is 14.6. The molecule has 0 saturated carbocycles. The van der Waals surface area contributed by atoms with Crippen LogP contribution in [-0.4, -0.2) is 0 Å². The minimum Gasteiger partial charge on any atom is -0.310 e. The van der Waals surface area contributed by atoms with Gasteiger partial charge in [0.25, 0.3) is 0 Å². The minimum atomic E-state index is -0.383. The van der Waals surface area contributed by atoms with Gasteiger partial charge in [0.2, 0.25) is 0 Å². The smallest absolute Gasteiger partial charge is 0.0725 e. The average molecular weight is 788 g/mol. The molecular formula is C61H41N. The van der Waals surface area contributed by atoms with E-state index in [4.69, 9.17) is 0 Å². The van der Waals surface area contributed by atoms with Crippen LogP contribution in [0.25, 0.3) is 66.8 Å². The van der Waals surface area contributed by atoms with Gasteiger partial charge in [-0.1, -0.05) is 212 Å². The van der Waals surface area contributed by atoms with Crippen LogP contribution in [0.5, 0.6) is 0 Å². The first kappa shape index (κ1) is 35.9. The third kappa shape index (κ3) is 5.56. The summed E-state index contributed by atoms with van der Waals surface area (Å²) in [6.45, 7) is 0. The number of anilines is 3. The molecule has 2 aliphatic carbocycles. The Balaban J connectivity index is 0.981. The van der Waals surface area contributed by atoms with Gasteiger partial charge in [-0.15, -0.1) is 0 Å². The van der Waals surface area contributed by atoms with Crippen LogP contribution in [0.1, 0.15) is 22.3 Å². The summed E-state index contributed by atoms with van der Waals surface area (Å²) >= 11 is 0. The molecule has 0 atom stereocenters. The maximum absolute atomic E-state index is 2.38. The Morgan fingerprint density at radius 3 is 1.24 bits per heavy atom. The molecule has 10 aromatic carbocycles. The molecule has 0 saturated heterocycles. The van der Waals surface area contributed by atoms with Crippen molar-refractivity contribution >= 4 is 17.1 Å². The van der Waals surface area contributed by atoms with Gasteiger partial charge in [0.05, 0.1) is 5.41 Å². The maximum Gasteiger partial charge on any atom is 0.0725 e. The fourth-order valence-corrected chi connectivity index (χ4v) is 10.5. The molecule has 10 aromatic rings. The lowest BCUT2D eigenvalue weighted by Gasteiger charge is -2.30. The largest absolute Gasteiger partial charge is 0.310 e. The van der Waals surface area contributed by atoms with Gasteiger partial charge < -0.3 is 4.90 Å². The molecule has 62 heavy (non-hydrogen) atoms. The molecule has 12 rings (SSSR count). The summed E-state index contributed by atoms with van der Waals surface area (Å²) in [5.41, 5.74) is 23.3. The molecule has 0 radical (unpaired) electrons. The molecule has 0 N–H and O–H groups in total. The maximum atomic E-state index is 2.38. The van der Waals surface area contributed by atoms with Gasteiger partial charge in [0, 0.05) is 17.1 Å². The molecule has 0 amide bonds. The zero-order valence-corrected chi connectivity index (χ0v) is 34.1. The third-order valence-electron chi connectivity index (χ3n) is 13.1. The minimum absolute atomic E-state index is 0.383. The van der Waals surface area contributed by atoms with Crippen LogP contribution in [0, 0.1) is 0 Å². The van der Waals surface area contributed by atoms with Crippen molar-refractivity contribution in [3.05, 3.63) is 271 Å². The van der Waals surface area contributed by atoms with Crippen LogP contribution in [0.3, 0.4) is 0 Å². The van der Waals surface area contributed by atoms with Gasteiger partial charge in [0.15, 0.2) is 0 Å². The highest BCUT2D eigenvalue weighted by Gasteiger charge is 2.52. The van der Waals surface area contributed by atoms with Crippen LogP contribution in [0.15, 0.2) is 249 Å². The van der Waals surface area contributed by atoms with Crippen molar-refractivity contribution < 1.29 is 0 Å². The van der Waals surface area contributed by atoms with Gasteiger partial charge in [-0.05, 0) is 125 Å². The lowest BCUT2D eigenvalue weighted by Crippen LogP contribution is -2.25. The number of benzene rings is 10. The molecule has 0 unspecified atom stereocenters. The molecule has 1 spiro atoms. The zero-order chi connectivity index (χ0) is 41.0. The molecule has 0 fully saturated rings. The quantitative estimate of drug-likeness (QED) is 0.155. The number of hydrogen-bond donors (Lipinski definition) is 0. The SMILES string of the molecule is c1ccc(-c2ccc(N(c3ccc(-c4ccccc4-c4cccc5c4-c4ccccc4C54c5ccccc5-c5ccccc54)cc3)c3cccc(-c4ccccc4)c3)cc2)cc1. The third-order valence-corrected chi connectivity index (χ3v) is 13.1. The van der Waals surface area contributed by atoms with Crippen LogP contribution in [0.4, 0.5) is 17.1 Å². The van der Waals surface area contributed by atoms with Crippen molar-refractivity contribution in [2.45, 2.75) is 5.41 Å². The normalized spacial score (nSPS) is 12.6. The van der Waals surface area contributed by atoms with Gasteiger partial charge in [0.1, 0.15) is 0 Å². The Hall–Kier alpha value is -8.00. The van der Waals surface area contributed by atoms with E-state index < -0.39 is 0 Å².